The third-order valence-corrected chi connectivity index (χ3v) is 2.92. The second-order valence-corrected chi connectivity index (χ2v) is 4.36. The molecule has 2 heterocycles. The average molecular weight is 266 g/mol. The lowest BCUT2D eigenvalue weighted by molar-refractivity contribution is 0.0695. The van der Waals surface area contributed by atoms with Gasteiger partial charge in [0.2, 0.25) is 0 Å². The lowest BCUT2D eigenvalue weighted by atomic mass is 10.3. The highest BCUT2D eigenvalue weighted by atomic mass is 32.1. The molecule has 0 aliphatic carbocycles. The smallest absolute Gasteiger partial charge is 0.338 e. The van der Waals surface area contributed by atoms with Crippen molar-refractivity contribution in [2.45, 2.75) is 6.54 Å². The molecule has 0 atom stereocenters. The zero-order valence-electron chi connectivity index (χ0n) is 9.49. The minimum absolute atomic E-state index is 0.00475. The van der Waals surface area contributed by atoms with Crippen LogP contribution in [0.25, 0.3) is 0 Å². The van der Waals surface area contributed by atoms with E-state index in [0.29, 0.717) is 6.54 Å². The number of carbonyl (C=O) groups is 2. The van der Waals surface area contributed by atoms with Gasteiger partial charge < -0.3 is 14.4 Å². The molecule has 2 rings (SSSR count). The summed E-state index contributed by atoms with van der Waals surface area (Å²) in [5, 5.41) is 10.6. The van der Waals surface area contributed by atoms with Crippen molar-refractivity contribution < 1.29 is 19.1 Å². The van der Waals surface area contributed by atoms with Crippen molar-refractivity contribution in [3.63, 3.8) is 0 Å². The summed E-state index contributed by atoms with van der Waals surface area (Å²) in [5.74, 6) is -1.50. The lowest BCUT2D eigenvalue weighted by Crippen LogP contribution is -2.25. The van der Waals surface area contributed by atoms with Crippen molar-refractivity contribution >= 4 is 23.2 Å². The van der Waals surface area contributed by atoms with E-state index in [4.69, 9.17) is 9.52 Å². The maximum atomic E-state index is 11.9. The van der Waals surface area contributed by atoms with Gasteiger partial charge in [0, 0.05) is 18.5 Å². The summed E-state index contributed by atoms with van der Waals surface area (Å²) >= 11 is 1.45. The first-order valence-corrected chi connectivity index (χ1v) is 5.96. The molecular formula is C11H10N2O4S. The SMILES string of the molecule is CN(Cc1cscn1)C(=O)c1cc(C(=O)O)co1. The Morgan fingerprint density at radius 1 is 1.56 bits per heavy atom. The van der Waals surface area contributed by atoms with Gasteiger partial charge in [-0.05, 0) is 0 Å². The zero-order valence-corrected chi connectivity index (χ0v) is 10.3. The van der Waals surface area contributed by atoms with Gasteiger partial charge in [0.1, 0.15) is 6.26 Å². The van der Waals surface area contributed by atoms with E-state index in [9.17, 15) is 9.59 Å². The van der Waals surface area contributed by atoms with Crippen LogP contribution < -0.4 is 0 Å². The average Bonchev–Trinajstić information content (AvgIpc) is 2.98. The number of nitrogens with zero attached hydrogens (tertiary/aromatic N) is 2. The number of furan rings is 1. The molecule has 2 aromatic heterocycles. The molecule has 0 aliphatic heterocycles. The highest BCUT2D eigenvalue weighted by Crippen LogP contribution is 2.12. The Kier molecular flexibility index (Phi) is 3.42. The number of thiazole rings is 1. The molecule has 1 N–H and O–H groups in total. The summed E-state index contributed by atoms with van der Waals surface area (Å²) in [4.78, 5) is 28.1. The maximum Gasteiger partial charge on any atom is 0.338 e. The predicted octanol–water partition coefficient (Wildman–Crippen LogP) is 1.71. The first kappa shape index (κ1) is 12.3. The highest BCUT2D eigenvalue weighted by molar-refractivity contribution is 7.07. The van der Waals surface area contributed by atoms with E-state index in [1.54, 1.807) is 12.6 Å². The summed E-state index contributed by atoms with van der Waals surface area (Å²) in [6, 6.07) is 1.21. The number of aromatic carboxylic acids is 1. The second kappa shape index (κ2) is 5.01. The van der Waals surface area contributed by atoms with Crippen LogP contribution in [0.15, 0.2) is 27.6 Å². The molecule has 0 aliphatic rings. The van der Waals surface area contributed by atoms with Crippen LogP contribution in [0.1, 0.15) is 26.6 Å². The summed E-state index contributed by atoms with van der Waals surface area (Å²) < 4.78 is 4.94. The van der Waals surface area contributed by atoms with Gasteiger partial charge in [0.05, 0.1) is 23.3 Å². The number of hydrogen-bond acceptors (Lipinski definition) is 5. The largest absolute Gasteiger partial charge is 0.478 e. The van der Waals surface area contributed by atoms with Crippen LogP contribution >= 0.6 is 11.3 Å². The molecule has 0 radical (unpaired) electrons. The first-order valence-electron chi connectivity index (χ1n) is 5.02. The summed E-state index contributed by atoms with van der Waals surface area (Å²) in [5.41, 5.74) is 2.42. The molecule has 7 heteroatoms. The van der Waals surface area contributed by atoms with Crippen molar-refractivity contribution in [1.82, 2.24) is 9.88 Å². The predicted molar refractivity (Wildman–Crippen MR) is 63.6 cm³/mol. The summed E-state index contributed by atoms with van der Waals surface area (Å²) in [6.07, 6.45) is 1.05. The summed E-state index contributed by atoms with van der Waals surface area (Å²) in [6.45, 7) is 0.353. The van der Waals surface area contributed by atoms with Crippen molar-refractivity contribution in [1.29, 1.82) is 0 Å². The fourth-order valence-corrected chi connectivity index (χ4v) is 1.93. The number of carbonyl (C=O) groups excluding carboxylic acids is 1. The van der Waals surface area contributed by atoms with Gasteiger partial charge in [-0.3, -0.25) is 4.79 Å². The van der Waals surface area contributed by atoms with Gasteiger partial charge >= 0.3 is 5.97 Å². The molecule has 0 saturated carbocycles. The van der Waals surface area contributed by atoms with Gasteiger partial charge in [0.15, 0.2) is 5.76 Å². The molecular weight excluding hydrogens is 256 g/mol. The normalized spacial score (nSPS) is 10.3. The van der Waals surface area contributed by atoms with Gasteiger partial charge in [0.25, 0.3) is 5.91 Å². The number of amides is 1. The van der Waals surface area contributed by atoms with Gasteiger partial charge in [-0.1, -0.05) is 0 Å². The number of hydrogen-bond donors (Lipinski definition) is 1. The highest BCUT2D eigenvalue weighted by Gasteiger charge is 2.18. The molecule has 0 unspecified atom stereocenters. The van der Waals surface area contributed by atoms with E-state index in [-0.39, 0.29) is 17.2 Å². The molecule has 1 amide bonds. The molecule has 6 nitrogen and oxygen atoms in total. The number of carboxylic acid groups (broad SMARTS) is 1. The molecule has 18 heavy (non-hydrogen) atoms. The fraction of sp³-hybridized carbons (Fsp3) is 0.182. The molecule has 2 aromatic rings. The van der Waals surface area contributed by atoms with E-state index in [0.717, 1.165) is 12.0 Å². The van der Waals surface area contributed by atoms with Crippen LogP contribution in [0.4, 0.5) is 0 Å². The number of aromatic nitrogens is 1. The molecule has 0 saturated heterocycles. The quantitative estimate of drug-likeness (QED) is 0.910. The third-order valence-electron chi connectivity index (χ3n) is 2.29. The second-order valence-electron chi connectivity index (χ2n) is 3.65. The first-order chi connectivity index (χ1) is 8.58. The van der Waals surface area contributed by atoms with E-state index < -0.39 is 5.97 Å². The lowest BCUT2D eigenvalue weighted by Gasteiger charge is -2.13. The Bertz CT molecular complexity index is 561. The van der Waals surface area contributed by atoms with Gasteiger partial charge in [-0.15, -0.1) is 11.3 Å². The Morgan fingerprint density at radius 3 is 2.89 bits per heavy atom. The minimum Gasteiger partial charge on any atom is -0.478 e. The van der Waals surface area contributed by atoms with Crippen molar-refractivity contribution in [2.75, 3.05) is 7.05 Å². The topological polar surface area (TPSA) is 83.6 Å². The maximum absolute atomic E-state index is 11.9. The van der Waals surface area contributed by atoms with Crippen molar-refractivity contribution in [2.24, 2.45) is 0 Å². The van der Waals surface area contributed by atoms with Crippen LogP contribution in [0.2, 0.25) is 0 Å². The molecule has 0 bridgehead atoms. The standard InChI is InChI=1S/C11H10N2O4S/c1-13(3-8-5-18-6-12-8)10(14)9-2-7(4-17-9)11(15)16/h2,4-6H,3H2,1H3,(H,15,16). The monoisotopic (exact) mass is 266 g/mol. The van der Waals surface area contributed by atoms with Gasteiger partial charge in [-0.25, -0.2) is 9.78 Å². The van der Waals surface area contributed by atoms with E-state index in [1.807, 2.05) is 5.38 Å². The van der Waals surface area contributed by atoms with Crippen LogP contribution in [0.5, 0.6) is 0 Å². The van der Waals surface area contributed by atoms with Gasteiger partial charge in [-0.2, -0.15) is 0 Å². The van der Waals surface area contributed by atoms with Crippen molar-refractivity contribution in [3.05, 3.63) is 40.2 Å². The van der Waals surface area contributed by atoms with E-state index >= 15 is 0 Å². The molecule has 0 aromatic carbocycles. The Morgan fingerprint density at radius 2 is 2.33 bits per heavy atom. The minimum atomic E-state index is -1.13. The van der Waals surface area contributed by atoms with Crippen LogP contribution in [0.3, 0.4) is 0 Å². The number of carboxylic acids is 1. The fourth-order valence-electron chi connectivity index (χ4n) is 1.38. The van der Waals surface area contributed by atoms with E-state index in [1.165, 1.54) is 22.3 Å². The summed E-state index contributed by atoms with van der Waals surface area (Å²) in [7, 11) is 1.60. The Hall–Kier alpha value is -2.15. The molecule has 0 spiro atoms. The van der Waals surface area contributed by atoms with Crippen molar-refractivity contribution in [3.8, 4) is 0 Å². The molecule has 0 fully saturated rings. The van der Waals surface area contributed by atoms with E-state index in [2.05, 4.69) is 4.98 Å². The van der Waals surface area contributed by atoms with Crippen LogP contribution in [-0.4, -0.2) is 33.9 Å². The molecule has 94 valence electrons. The third kappa shape index (κ3) is 2.57. The Balaban J connectivity index is 2.08. The zero-order chi connectivity index (χ0) is 13.1. The number of rotatable bonds is 4. The Labute approximate surface area is 106 Å². The van der Waals surface area contributed by atoms with Crippen LogP contribution in [0, 0.1) is 0 Å². The van der Waals surface area contributed by atoms with Crippen LogP contribution in [-0.2, 0) is 6.54 Å².